The maximum Gasteiger partial charge on any atom is 0.269 e. The largest absolute Gasteiger partial charge is 0.355 e. The highest BCUT2D eigenvalue weighted by atomic mass is 35.5. The highest BCUT2D eigenvalue weighted by Crippen LogP contribution is 2.31. The molecule has 0 unspecified atom stereocenters. The Labute approximate surface area is 197 Å². The molecule has 0 aliphatic carbocycles. The number of nitrogens with one attached hydrogen (secondary N) is 2. The van der Waals surface area contributed by atoms with Crippen molar-refractivity contribution in [1.82, 2.24) is 14.3 Å². The molecular formula is C22H22ClN5O4S. The lowest BCUT2D eigenvalue weighted by atomic mass is 10.1. The van der Waals surface area contributed by atoms with Crippen LogP contribution < -0.4 is 10.6 Å². The summed E-state index contributed by atoms with van der Waals surface area (Å²) in [5.41, 5.74) is 3.42. The number of aryl methyl sites for hydroxylation is 1. The zero-order valence-electron chi connectivity index (χ0n) is 17.8. The predicted octanol–water partition coefficient (Wildman–Crippen LogP) is 4.37. The number of nitro benzene ring substituents is 1. The highest BCUT2D eigenvalue weighted by molar-refractivity contribution is 7.90. The van der Waals surface area contributed by atoms with Crippen LogP contribution in [0.4, 0.5) is 17.1 Å². The van der Waals surface area contributed by atoms with Crippen molar-refractivity contribution in [3.8, 4) is 0 Å². The van der Waals surface area contributed by atoms with E-state index in [0.717, 1.165) is 10.9 Å². The first-order valence-corrected chi connectivity index (χ1v) is 11.2. The van der Waals surface area contributed by atoms with Gasteiger partial charge in [-0.1, -0.05) is 6.07 Å². The van der Waals surface area contributed by atoms with Crippen molar-refractivity contribution in [3.63, 3.8) is 0 Å². The van der Waals surface area contributed by atoms with Crippen LogP contribution in [0.2, 0.25) is 0 Å². The Kier molecular flexibility index (Phi) is 7.01. The minimum Gasteiger partial charge on any atom is -0.355 e. The molecule has 0 spiro atoms. The van der Waals surface area contributed by atoms with Gasteiger partial charge < -0.3 is 10.6 Å². The van der Waals surface area contributed by atoms with Gasteiger partial charge in [-0.15, -0.1) is 12.4 Å². The van der Waals surface area contributed by atoms with Gasteiger partial charge in [-0.2, -0.15) is 0 Å². The fraction of sp³-hybridized carbons (Fsp3) is 0.136. The van der Waals surface area contributed by atoms with E-state index in [1.165, 1.54) is 34.6 Å². The Bertz CT molecular complexity index is 1420. The normalized spacial score (nSPS) is 11.2. The molecule has 33 heavy (non-hydrogen) atoms. The monoisotopic (exact) mass is 487 g/mol. The number of benzene rings is 2. The van der Waals surface area contributed by atoms with Crippen molar-refractivity contribution in [2.75, 3.05) is 12.4 Å². The molecule has 0 amide bonds. The van der Waals surface area contributed by atoms with Crippen molar-refractivity contribution >= 4 is 50.4 Å². The number of anilines is 2. The number of hydrogen-bond acceptors (Lipinski definition) is 7. The molecule has 2 aromatic heterocycles. The molecule has 0 radical (unpaired) electrons. The second-order valence-electron chi connectivity index (χ2n) is 7.29. The van der Waals surface area contributed by atoms with Gasteiger partial charge in [-0.05, 0) is 55.4 Å². The summed E-state index contributed by atoms with van der Waals surface area (Å²) in [5.74, 6) is 0. The Morgan fingerprint density at radius 1 is 1.15 bits per heavy atom. The Morgan fingerprint density at radius 2 is 1.94 bits per heavy atom. The lowest BCUT2D eigenvalue weighted by molar-refractivity contribution is -0.384. The summed E-state index contributed by atoms with van der Waals surface area (Å²) in [6, 6.07) is 13.1. The second-order valence-corrected chi connectivity index (χ2v) is 9.10. The van der Waals surface area contributed by atoms with Gasteiger partial charge in [-0.3, -0.25) is 15.1 Å². The van der Waals surface area contributed by atoms with Crippen LogP contribution in [0.3, 0.4) is 0 Å². The molecule has 9 nitrogen and oxygen atoms in total. The molecule has 172 valence electrons. The van der Waals surface area contributed by atoms with Crippen LogP contribution in [0.1, 0.15) is 11.1 Å². The van der Waals surface area contributed by atoms with Crippen LogP contribution in [0.25, 0.3) is 10.9 Å². The third-order valence-electron chi connectivity index (χ3n) is 5.11. The van der Waals surface area contributed by atoms with Crippen LogP contribution in [0.5, 0.6) is 0 Å². The van der Waals surface area contributed by atoms with E-state index in [2.05, 4.69) is 15.6 Å². The molecule has 11 heteroatoms. The second kappa shape index (κ2) is 9.57. The number of nitrogens with zero attached hydrogens (tertiary/aromatic N) is 3. The zero-order valence-corrected chi connectivity index (χ0v) is 19.5. The number of hydrogen-bond donors (Lipinski definition) is 2. The summed E-state index contributed by atoms with van der Waals surface area (Å²) < 4.78 is 27.9. The molecule has 2 heterocycles. The first-order chi connectivity index (χ1) is 15.3. The topological polar surface area (TPSA) is 119 Å². The number of aromatic nitrogens is 2. The molecule has 0 aliphatic heterocycles. The number of halogens is 1. The van der Waals surface area contributed by atoms with Gasteiger partial charge in [0.2, 0.25) is 0 Å². The molecule has 4 rings (SSSR count). The number of rotatable bonds is 7. The first-order valence-electron chi connectivity index (χ1n) is 9.77. The average Bonchev–Trinajstić information content (AvgIpc) is 3.14. The Morgan fingerprint density at radius 3 is 2.58 bits per heavy atom. The lowest BCUT2D eigenvalue weighted by Crippen LogP contribution is -2.12. The van der Waals surface area contributed by atoms with Gasteiger partial charge in [-0.25, -0.2) is 12.4 Å². The maximum absolute atomic E-state index is 13.3. The summed E-state index contributed by atoms with van der Waals surface area (Å²) in [5, 5.41) is 18.1. The van der Waals surface area contributed by atoms with E-state index in [1.807, 2.05) is 12.1 Å². The van der Waals surface area contributed by atoms with Crippen LogP contribution >= 0.6 is 12.4 Å². The van der Waals surface area contributed by atoms with Gasteiger partial charge in [0.05, 0.1) is 10.4 Å². The van der Waals surface area contributed by atoms with Gasteiger partial charge in [0.15, 0.2) is 0 Å². The summed E-state index contributed by atoms with van der Waals surface area (Å²) in [6.07, 6.45) is 4.46. The van der Waals surface area contributed by atoms with E-state index in [0.29, 0.717) is 29.0 Å². The van der Waals surface area contributed by atoms with E-state index in [9.17, 15) is 18.5 Å². The summed E-state index contributed by atoms with van der Waals surface area (Å²) in [6.45, 7) is 2.27. The SMILES string of the molecule is CNCc1cn(S(=O)(=O)c2cccnc2)c2cc(Nc3ccc([N+](=O)[O-])cc3C)ccc12.Cl. The van der Waals surface area contributed by atoms with E-state index < -0.39 is 14.9 Å². The standard InChI is InChI=1S/C22H21N5O4S.ClH/c1-15-10-18(27(28)29)6-8-21(15)25-17-5-7-20-16(12-23-2)14-26(22(20)11-17)32(30,31)19-4-3-9-24-13-19;/h3-11,13-14,23,25H,12H2,1-2H3;1H. The van der Waals surface area contributed by atoms with Crippen LogP contribution in [-0.2, 0) is 16.6 Å². The van der Waals surface area contributed by atoms with E-state index in [-0.39, 0.29) is 23.0 Å². The first kappa shape index (κ1) is 24.2. The van der Waals surface area contributed by atoms with Crippen molar-refractivity contribution in [1.29, 1.82) is 0 Å². The van der Waals surface area contributed by atoms with Crippen LogP contribution in [-0.4, -0.2) is 29.3 Å². The van der Waals surface area contributed by atoms with E-state index >= 15 is 0 Å². The molecule has 4 aromatic rings. The number of fused-ring (bicyclic) bond motifs is 1. The fourth-order valence-electron chi connectivity index (χ4n) is 3.54. The molecule has 0 saturated carbocycles. The summed E-state index contributed by atoms with van der Waals surface area (Å²) in [7, 11) is -2.05. The molecule has 2 N–H and O–H groups in total. The van der Waals surface area contributed by atoms with E-state index in [1.54, 1.807) is 38.4 Å². The van der Waals surface area contributed by atoms with Crippen LogP contribution in [0.15, 0.2) is 72.0 Å². The van der Waals surface area contributed by atoms with Crippen molar-refractivity contribution < 1.29 is 13.3 Å². The average molecular weight is 488 g/mol. The molecule has 2 aromatic carbocycles. The molecular weight excluding hydrogens is 466 g/mol. The van der Waals surface area contributed by atoms with Gasteiger partial charge in [0, 0.05) is 54.0 Å². The van der Waals surface area contributed by atoms with Crippen LogP contribution in [0, 0.1) is 17.0 Å². The fourth-order valence-corrected chi connectivity index (χ4v) is 4.89. The van der Waals surface area contributed by atoms with Gasteiger partial charge in [0.1, 0.15) is 4.90 Å². The smallest absolute Gasteiger partial charge is 0.269 e. The van der Waals surface area contributed by atoms with Crippen molar-refractivity contribution in [2.24, 2.45) is 0 Å². The quantitative estimate of drug-likeness (QED) is 0.293. The van der Waals surface area contributed by atoms with Gasteiger partial charge >= 0.3 is 0 Å². The zero-order chi connectivity index (χ0) is 22.9. The molecule has 0 bridgehead atoms. The lowest BCUT2D eigenvalue weighted by Gasteiger charge is -2.11. The molecule has 0 aliphatic rings. The van der Waals surface area contributed by atoms with E-state index in [4.69, 9.17) is 0 Å². The maximum atomic E-state index is 13.3. The predicted molar refractivity (Wildman–Crippen MR) is 130 cm³/mol. The molecule has 0 atom stereocenters. The molecule has 0 saturated heterocycles. The highest BCUT2D eigenvalue weighted by Gasteiger charge is 2.21. The van der Waals surface area contributed by atoms with Gasteiger partial charge in [0.25, 0.3) is 15.7 Å². The summed E-state index contributed by atoms with van der Waals surface area (Å²) >= 11 is 0. The number of non-ortho nitro benzene ring substituents is 1. The minimum absolute atomic E-state index is 0. The van der Waals surface area contributed by atoms with Crippen molar-refractivity contribution in [3.05, 3.63) is 88.4 Å². The Balaban J connectivity index is 0.00000306. The number of nitro groups is 1. The number of pyridine rings is 1. The van der Waals surface area contributed by atoms with Crippen molar-refractivity contribution in [2.45, 2.75) is 18.4 Å². The summed E-state index contributed by atoms with van der Waals surface area (Å²) in [4.78, 5) is 14.6. The Hall–Kier alpha value is -3.47. The third-order valence-corrected chi connectivity index (χ3v) is 6.77. The third kappa shape index (κ3) is 4.68. The molecule has 0 fully saturated rings. The minimum atomic E-state index is -3.85.